The van der Waals surface area contributed by atoms with E-state index in [2.05, 4.69) is 14.9 Å². The number of nitrogens with zero attached hydrogens (tertiary/aromatic N) is 2. The number of nitrogens with one attached hydrogen (secondary N) is 1. The number of benzene rings is 1. The van der Waals surface area contributed by atoms with Crippen LogP contribution >= 0.6 is 11.6 Å². The molecule has 1 fully saturated rings. The molecular weight excluding hydrogens is 293 g/mol. The fourth-order valence-corrected chi connectivity index (χ4v) is 2.71. The van der Waals surface area contributed by atoms with Crippen molar-refractivity contribution in [1.82, 2.24) is 14.9 Å². The van der Waals surface area contributed by atoms with Crippen LogP contribution in [0.15, 0.2) is 24.4 Å². The fraction of sp³-hybridized carbons (Fsp3) is 0.400. The van der Waals surface area contributed by atoms with Gasteiger partial charge in [-0.25, -0.2) is 9.37 Å². The molecule has 1 aliphatic heterocycles. The minimum absolute atomic E-state index is 0.0162. The van der Waals surface area contributed by atoms with Crippen LogP contribution in [0.5, 0.6) is 0 Å². The molecule has 0 bridgehead atoms. The molecular formula is C15H17ClFN3O. The van der Waals surface area contributed by atoms with Gasteiger partial charge in [-0.2, -0.15) is 0 Å². The summed E-state index contributed by atoms with van der Waals surface area (Å²) in [6.45, 7) is 4.42. The van der Waals surface area contributed by atoms with E-state index in [9.17, 15) is 4.39 Å². The lowest BCUT2D eigenvalue weighted by atomic mass is 10.1. The Labute approximate surface area is 127 Å². The molecule has 1 N–H and O–H groups in total. The Morgan fingerprint density at radius 1 is 1.52 bits per heavy atom. The molecule has 1 aromatic heterocycles. The highest BCUT2D eigenvalue weighted by Gasteiger charge is 2.27. The second-order valence-corrected chi connectivity index (χ2v) is 5.68. The molecule has 4 nitrogen and oxygen atoms in total. The lowest BCUT2D eigenvalue weighted by molar-refractivity contribution is -0.0160. The monoisotopic (exact) mass is 309 g/mol. The summed E-state index contributed by atoms with van der Waals surface area (Å²) in [7, 11) is 0. The zero-order valence-electron chi connectivity index (χ0n) is 11.8. The first-order valence-electron chi connectivity index (χ1n) is 6.90. The molecule has 0 aliphatic carbocycles. The molecule has 1 aliphatic rings. The van der Waals surface area contributed by atoms with E-state index >= 15 is 0 Å². The number of halogens is 2. The largest absolute Gasteiger partial charge is 0.378 e. The third kappa shape index (κ3) is 3.26. The molecule has 0 amide bonds. The molecule has 2 heterocycles. The number of H-pyrrole nitrogens is 1. The van der Waals surface area contributed by atoms with Crippen molar-refractivity contribution in [3.8, 4) is 0 Å². The van der Waals surface area contributed by atoms with Gasteiger partial charge in [0.15, 0.2) is 0 Å². The molecule has 1 unspecified atom stereocenters. The maximum absolute atomic E-state index is 14.0. The first-order valence-corrected chi connectivity index (χ1v) is 7.28. The van der Waals surface area contributed by atoms with E-state index in [0.717, 1.165) is 18.1 Å². The second-order valence-electron chi connectivity index (χ2n) is 5.25. The first-order chi connectivity index (χ1) is 10.1. The molecule has 0 spiro atoms. The zero-order valence-corrected chi connectivity index (χ0v) is 12.5. The molecule has 1 atom stereocenters. The fourth-order valence-electron chi connectivity index (χ4n) is 2.55. The SMILES string of the molecule is Cc1cnc(C2COCCN2Cc2ccc(Cl)cc2F)[nH]1. The van der Waals surface area contributed by atoms with Crippen molar-refractivity contribution in [3.05, 3.63) is 52.3 Å². The van der Waals surface area contributed by atoms with E-state index in [0.29, 0.717) is 30.3 Å². The van der Waals surface area contributed by atoms with Gasteiger partial charge in [-0.1, -0.05) is 17.7 Å². The number of morpholine rings is 1. The predicted molar refractivity (Wildman–Crippen MR) is 78.7 cm³/mol. The summed E-state index contributed by atoms with van der Waals surface area (Å²) in [6.07, 6.45) is 1.80. The lowest BCUT2D eigenvalue weighted by Crippen LogP contribution is -2.39. The van der Waals surface area contributed by atoms with E-state index in [1.54, 1.807) is 18.3 Å². The second kappa shape index (κ2) is 6.13. The van der Waals surface area contributed by atoms with Crippen LogP contribution in [0.1, 0.15) is 23.1 Å². The number of aromatic nitrogens is 2. The van der Waals surface area contributed by atoms with Gasteiger partial charge in [-0.3, -0.25) is 4.90 Å². The van der Waals surface area contributed by atoms with Crippen molar-refractivity contribution in [1.29, 1.82) is 0 Å². The average molecular weight is 310 g/mol. The number of hydrogen-bond acceptors (Lipinski definition) is 3. The summed E-state index contributed by atoms with van der Waals surface area (Å²) in [5.41, 5.74) is 1.64. The van der Waals surface area contributed by atoms with Gasteiger partial charge >= 0.3 is 0 Å². The molecule has 1 aromatic carbocycles. The smallest absolute Gasteiger partial charge is 0.129 e. The Morgan fingerprint density at radius 3 is 3.10 bits per heavy atom. The summed E-state index contributed by atoms with van der Waals surface area (Å²) in [5, 5.41) is 0.413. The van der Waals surface area contributed by atoms with Crippen LogP contribution in [0, 0.1) is 12.7 Å². The van der Waals surface area contributed by atoms with E-state index in [4.69, 9.17) is 16.3 Å². The molecule has 6 heteroatoms. The molecule has 3 rings (SSSR count). The van der Waals surface area contributed by atoms with Gasteiger partial charge < -0.3 is 9.72 Å². The van der Waals surface area contributed by atoms with Crippen molar-refractivity contribution in [2.45, 2.75) is 19.5 Å². The molecule has 2 aromatic rings. The maximum Gasteiger partial charge on any atom is 0.129 e. The summed E-state index contributed by atoms with van der Waals surface area (Å²) in [4.78, 5) is 9.79. The quantitative estimate of drug-likeness (QED) is 0.947. The van der Waals surface area contributed by atoms with E-state index < -0.39 is 0 Å². The highest BCUT2D eigenvalue weighted by Crippen LogP contribution is 2.25. The van der Waals surface area contributed by atoms with Crippen LogP contribution in [0.2, 0.25) is 5.02 Å². The van der Waals surface area contributed by atoms with Gasteiger partial charge in [-0.15, -0.1) is 0 Å². The zero-order chi connectivity index (χ0) is 14.8. The topological polar surface area (TPSA) is 41.1 Å². The molecule has 0 saturated carbocycles. The molecule has 112 valence electrons. The van der Waals surface area contributed by atoms with Crippen molar-refractivity contribution >= 4 is 11.6 Å². The first kappa shape index (κ1) is 14.5. The highest BCUT2D eigenvalue weighted by molar-refractivity contribution is 6.30. The number of aryl methyl sites for hydroxylation is 1. The number of hydrogen-bond donors (Lipinski definition) is 1. The van der Waals surface area contributed by atoms with Crippen molar-refractivity contribution < 1.29 is 9.13 Å². The third-order valence-corrected chi connectivity index (χ3v) is 3.90. The van der Waals surface area contributed by atoms with Crippen LogP contribution in [0.4, 0.5) is 4.39 Å². The average Bonchev–Trinajstić information content (AvgIpc) is 2.89. The Balaban J connectivity index is 1.81. The third-order valence-electron chi connectivity index (χ3n) is 3.67. The van der Waals surface area contributed by atoms with Gasteiger partial charge in [0.25, 0.3) is 0 Å². The van der Waals surface area contributed by atoms with Gasteiger partial charge in [0.1, 0.15) is 11.6 Å². The summed E-state index contributed by atoms with van der Waals surface area (Å²) in [5.74, 6) is 0.588. The standard InChI is InChI=1S/C15H17ClFN3O/c1-10-7-18-15(19-10)14-9-21-5-4-20(14)8-11-2-3-12(16)6-13(11)17/h2-3,6-7,14H,4-5,8-9H2,1H3,(H,18,19). The Hall–Kier alpha value is -1.43. The van der Waals surface area contributed by atoms with Gasteiger partial charge in [0.05, 0.1) is 19.3 Å². The highest BCUT2D eigenvalue weighted by atomic mass is 35.5. The minimum Gasteiger partial charge on any atom is -0.378 e. The van der Waals surface area contributed by atoms with Gasteiger partial charge in [-0.05, 0) is 19.1 Å². The Kier molecular flexibility index (Phi) is 4.24. The van der Waals surface area contributed by atoms with Crippen LogP contribution in [-0.2, 0) is 11.3 Å². The number of imidazole rings is 1. The van der Waals surface area contributed by atoms with Gasteiger partial charge in [0.2, 0.25) is 0 Å². The molecule has 0 radical (unpaired) electrons. The minimum atomic E-state index is -0.275. The Morgan fingerprint density at radius 2 is 2.38 bits per heavy atom. The predicted octanol–water partition coefficient (Wildman–Crippen LogP) is 3.08. The van der Waals surface area contributed by atoms with Crippen LogP contribution in [-0.4, -0.2) is 34.6 Å². The van der Waals surface area contributed by atoms with Crippen LogP contribution in [0.25, 0.3) is 0 Å². The van der Waals surface area contributed by atoms with Crippen LogP contribution < -0.4 is 0 Å². The summed E-state index contributed by atoms with van der Waals surface area (Å²) >= 11 is 5.80. The normalized spacial score (nSPS) is 19.9. The number of aromatic amines is 1. The van der Waals surface area contributed by atoms with E-state index in [-0.39, 0.29) is 11.9 Å². The van der Waals surface area contributed by atoms with Crippen molar-refractivity contribution in [2.24, 2.45) is 0 Å². The van der Waals surface area contributed by atoms with Crippen molar-refractivity contribution in [2.75, 3.05) is 19.8 Å². The maximum atomic E-state index is 14.0. The Bertz CT molecular complexity index is 631. The lowest BCUT2D eigenvalue weighted by Gasteiger charge is -2.34. The number of ether oxygens (including phenoxy) is 1. The number of rotatable bonds is 3. The molecule has 21 heavy (non-hydrogen) atoms. The molecule has 1 saturated heterocycles. The van der Waals surface area contributed by atoms with E-state index in [1.165, 1.54) is 6.07 Å². The summed E-state index contributed by atoms with van der Waals surface area (Å²) in [6, 6.07) is 4.82. The van der Waals surface area contributed by atoms with Crippen molar-refractivity contribution in [3.63, 3.8) is 0 Å². The summed E-state index contributed by atoms with van der Waals surface area (Å²) < 4.78 is 19.5. The van der Waals surface area contributed by atoms with Crippen LogP contribution in [0.3, 0.4) is 0 Å². The van der Waals surface area contributed by atoms with E-state index in [1.807, 2.05) is 6.92 Å². The van der Waals surface area contributed by atoms with Gasteiger partial charge in [0, 0.05) is 35.6 Å².